The van der Waals surface area contributed by atoms with E-state index in [9.17, 15) is 4.79 Å². The minimum atomic E-state index is -0.258. The topological polar surface area (TPSA) is 46.4 Å². The first-order valence-corrected chi connectivity index (χ1v) is 6.11. The number of halogens is 1. The fourth-order valence-corrected chi connectivity index (χ4v) is 2.00. The first kappa shape index (κ1) is 11.7. The molecule has 0 aliphatic carbocycles. The fraction of sp³-hybridized carbons (Fsp3) is 0. The number of nitrogens with one attached hydrogen (secondary N) is 1. The van der Waals surface area contributed by atoms with Crippen LogP contribution in [0.1, 0.15) is 10.5 Å². The van der Waals surface area contributed by atoms with E-state index in [1.165, 1.54) is 0 Å². The highest BCUT2D eigenvalue weighted by Crippen LogP contribution is 2.16. The maximum absolute atomic E-state index is 12.1. The Bertz CT molecular complexity index is 718. The Morgan fingerprint density at radius 3 is 2.84 bits per heavy atom. The van der Waals surface area contributed by atoms with Gasteiger partial charge in [-0.1, -0.05) is 23.7 Å². The number of rotatable bonds is 2. The van der Waals surface area contributed by atoms with Gasteiger partial charge in [0, 0.05) is 16.9 Å². The monoisotopic (exact) mass is 271 g/mol. The molecule has 1 N–H and O–H groups in total. The van der Waals surface area contributed by atoms with E-state index >= 15 is 0 Å². The van der Waals surface area contributed by atoms with Gasteiger partial charge in [0.15, 0.2) is 5.69 Å². The Balaban J connectivity index is 1.87. The molecular weight excluding hydrogens is 262 g/mol. The Hall–Kier alpha value is -2.33. The maximum Gasteiger partial charge on any atom is 0.276 e. The van der Waals surface area contributed by atoms with Crippen LogP contribution < -0.4 is 5.32 Å². The van der Waals surface area contributed by atoms with E-state index in [1.807, 2.05) is 18.2 Å². The predicted octanol–water partition coefficient (Wildman–Crippen LogP) is 3.24. The highest BCUT2D eigenvalue weighted by Gasteiger charge is 2.10. The first-order chi connectivity index (χ1) is 9.22. The minimum Gasteiger partial charge on any atom is -0.321 e. The number of fused-ring (bicyclic) bond motifs is 1. The van der Waals surface area contributed by atoms with Gasteiger partial charge in [-0.15, -0.1) is 0 Å². The summed E-state index contributed by atoms with van der Waals surface area (Å²) in [7, 11) is 0. The second-order valence-corrected chi connectivity index (χ2v) is 4.50. The molecule has 0 saturated heterocycles. The molecule has 0 atom stereocenters. The van der Waals surface area contributed by atoms with Gasteiger partial charge in [0.2, 0.25) is 0 Å². The molecule has 0 bridgehead atoms. The summed E-state index contributed by atoms with van der Waals surface area (Å²) in [4.78, 5) is 12.1. The van der Waals surface area contributed by atoms with Crippen LogP contribution in [-0.4, -0.2) is 15.5 Å². The Kier molecular flexibility index (Phi) is 2.93. The number of benzene rings is 1. The average molecular weight is 272 g/mol. The summed E-state index contributed by atoms with van der Waals surface area (Å²) in [5, 5.41) is 7.54. The lowest BCUT2D eigenvalue weighted by Crippen LogP contribution is -2.12. The zero-order valence-corrected chi connectivity index (χ0v) is 10.6. The summed E-state index contributed by atoms with van der Waals surface area (Å²) < 4.78 is 1.66. The molecule has 0 aliphatic heterocycles. The summed E-state index contributed by atoms with van der Waals surface area (Å²) in [6.07, 6.45) is 1.80. The predicted molar refractivity (Wildman–Crippen MR) is 74.6 cm³/mol. The van der Waals surface area contributed by atoms with Crippen LogP contribution in [0.5, 0.6) is 0 Å². The van der Waals surface area contributed by atoms with E-state index in [-0.39, 0.29) is 5.91 Å². The Morgan fingerprint density at radius 1 is 1.16 bits per heavy atom. The lowest BCUT2D eigenvalue weighted by Gasteiger charge is -2.02. The molecule has 2 heterocycles. The molecule has 0 fully saturated rings. The van der Waals surface area contributed by atoms with E-state index in [1.54, 1.807) is 41.0 Å². The molecular formula is C14H10ClN3O. The van der Waals surface area contributed by atoms with Gasteiger partial charge in [0.25, 0.3) is 5.91 Å². The zero-order chi connectivity index (χ0) is 13.2. The van der Waals surface area contributed by atoms with E-state index in [4.69, 9.17) is 11.6 Å². The van der Waals surface area contributed by atoms with Crippen molar-refractivity contribution in [3.63, 3.8) is 0 Å². The number of aromatic nitrogens is 2. The van der Waals surface area contributed by atoms with Crippen molar-refractivity contribution in [2.45, 2.75) is 0 Å². The normalized spacial score (nSPS) is 10.6. The van der Waals surface area contributed by atoms with Crippen molar-refractivity contribution in [2.24, 2.45) is 0 Å². The number of carbonyl (C=O) groups excluding carboxylic acids is 1. The zero-order valence-electron chi connectivity index (χ0n) is 9.88. The van der Waals surface area contributed by atoms with E-state index in [2.05, 4.69) is 10.4 Å². The largest absolute Gasteiger partial charge is 0.321 e. The number of pyridine rings is 1. The molecule has 0 aliphatic rings. The van der Waals surface area contributed by atoms with Gasteiger partial charge in [-0.05, 0) is 36.4 Å². The van der Waals surface area contributed by atoms with Crippen LogP contribution in [0.2, 0.25) is 5.02 Å². The van der Waals surface area contributed by atoms with Crippen LogP contribution in [0.15, 0.2) is 54.7 Å². The number of nitrogens with zero attached hydrogens (tertiary/aromatic N) is 2. The van der Waals surface area contributed by atoms with Crippen molar-refractivity contribution < 1.29 is 4.79 Å². The van der Waals surface area contributed by atoms with Crippen LogP contribution in [-0.2, 0) is 0 Å². The smallest absolute Gasteiger partial charge is 0.276 e. The highest BCUT2D eigenvalue weighted by atomic mass is 35.5. The van der Waals surface area contributed by atoms with E-state index < -0.39 is 0 Å². The van der Waals surface area contributed by atoms with E-state index in [0.717, 1.165) is 5.52 Å². The lowest BCUT2D eigenvalue weighted by molar-refractivity contribution is 0.102. The second-order valence-electron chi connectivity index (χ2n) is 4.06. The van der Waals surface area contributed by atoms with Crippen LogP contribution in [0.25, 0.3) is 5.52 Å². The van der Waals surface area contributed by atoms with E-state index in [0.29, 0.717) is 16.4 Å². The quantitative estimate of drug-likeness (QED) is 0.778. The minimum absolute atomic E-state index is 0.258. The molecule has 3 aromatic rings. The lowest BCUT2D eigenvalue weighted by atomic mass is 10.3. The van der Waals surface area contributed by atoms with Crippen molar-refractivity contribution in [3.05, 3.63) is 65.4 Å². The summed E-state index contributed by atoms with van der Waals surface area (Å²) in [5.41, 5.74) is 1.89. The van der Waals surface area contributed by atoms with Crippen LogP contribution in [0, 0.1) is 0 Å². The number of amides is 1. The molecule has 0 radical (unpaired) electrons. The molecule has 5 heteroatoms. The third-order valence-electron chi connectivity index (χ3n) is 2.69. The standard InChI is InChI=1S/C14H10ClN3O/c15-10-4-3-5-11(8-10)16-14(19)13-9-12-6-1-2-7-18(12)17-13/h1-9H,(H,16,19). The number of hydrogen-bond acceptors (Lipinski definition) is 2. The van der Waals surface area contributed by atoms with Crippen molar-refractivity contribution in [1.82, 2.24) is 9.61 Å². The highest BCUT2D eigenvalue weighted by molar-refractivity contribution is 6.30. The molecule has 0 saturated carbocycles. The van der Waals surface area contributed by atoms with Crippen molar-refractivity contribution in [2.75, 3.05) is 5.32 Å². The second kappa shape index (κ2) is 4.74. The Labute approximate surface area is 114 Å². The molecule has 19 heavy (non-hydrogen) atoms. The first-order valence-electron chi connectivity index (χ1n) is 5.74. The SMILES string of the molecule is O=C(Nc1cccc(Cl)c1)c1cc2ccccn2n1. The average Bonchev–Trinajstić information content (AvgIpc) is 2.82. The van der Waals surface area contributed by atoms with Crippen molar-refractivity contribution >= 4 is 28.7 Å². The van der Waals surface area contributed by atoms with Gasteiger partial charge >= 0.3 is 0 Å². The van der Waals surface area contributed by atoms with Crippen LogP contribution >= 0.6 is 11.6 Å². The maximum atomic E-state index is 12.1. The third kappa shape index (κ3) is 2.44. The summed E-state index contributed by atoms with van der Waals surface area (Å²) in [5.74, 6) is -0.258. The summed E-state index contributed by atoms with van der Waals surface area (Å²) in [6.45, 7) is 0. The van der Waals surface area contributed by atoms with Gasteiger partial charge in [-0.2, -0.15) is 5.10 Å². The molecule has 0 unspecified atom stereocenters. The fourth-order valence-electron chi connectivity index (χ4n) is 1.81. The summed E-state index contributed by atoms with van der Waals surface area (Å²) in [6, 6.07) is 14.4. The number of carbonyl (C=O) groups is 1. The molecule has 4 nitrogen and oxygen atoms in total. The Morgan fingerprint density at radius 2 is 2.05 bits per heavy atom. The van der Waals surface area contributed by atoms with Crippen molar-refractivity contribution in [1.29, 1.82) is 0 Å². The molecule has 1 aromatic carbocycles. The van der Waals surface area contributed by atoms with Crippen LogP contribution in [0.4, 0.5) is 5.69 Å². The molecule has 2 aromatic heterocycles. The van der Waals surface area contributed by atoms with Gasteiger partial charge < -0.3 is 5.32 Å². The van der Waals surface area contributed by atoms with Gasteiger partial charge in [-0.25, -0.2) is 4.52 Å². The summed E-state index contributed by atoms with van der Waals surface area (Å²) >= 11 is 5.87. The number of anilines is 1. The molecule has 1 amide bonds. The molecule has 3 rings (SSSR count). The molecule has 94 valence electrons. The number of hydrogen-bond donors (Lipinski definition) is 1. The van der Waals surface area contributed by atoms with Gasteiger partial charge in [0.1, 0.15) is 0 Å². The van der Waals surface area contributed by atoms with Crippen LogP contribution in [0.3, 0.4) is 0 Å². The van der Waals surface area contributed by atoms with Gasteiger partial charge in [-0.3, -0.25) is 4.79 Å². The van der Waals surface area contributed by atoms with Crippen molar-refractivity contribution in [3.8, 4) is 0 Å². The van der Waals surface area contributed by atoms with Gasteiger partial charge in [0.05, 0.1) is 5.52 Å². The third-order valence-corrected chi connectivity index (χ3v) is 2.92. The molecule has 0 spiro atoms.